The van der Waals surface area contributed by atoms with E-state index in [1.54, 1.807) is 24.3 Å². The summed E-state index contributed by atoms with van der Waals surface area (Å²) in [5.74, 6) is -1.53. The summed E-state index contributed by atoms with van der Waals surface area (Å²) in [5, 5.41) is 13.8. The zero-order valence-corrected chi connectivity index (χ0v) is 13.4. The van der Waals surface area contributed by atoms with E-state index in [0.717, 1.165) is 25.7 Å². The number of carboxylic acid groups (broad SMARTS) is 1. The van der Waals surface area contributed by atoms with E-state index in [-0.39, 0.29) is 37.5 Å². The van der Waals surface area contributed by atoms with Gasteiger partial charge in [-0.25, -0.2) is 0 Å². The fourth-order valence-corrected chi connectivity index (χ4v) is 2.54. The van der Waals surface area contributed by atoms with Gasteiger partial charge in [0.25, 0.3) is 5.91 Å². The van der Waals surface area contributed by atoms with Crippen molar-refractivity contribution in [1.29, 1.82) is 0 Å². The molecule has 1 aromatic rings. The Morgan fingerprint density at radius 2 is 1.79 bits per heavy atom. The van der Waals surface area contributed by atoms with Crippen LogP contribution in [0, 0.1) is 0 Å². The van der Waals surface area contributed by atoms with Crippen molar-refractivity contribution in [2.75, 3.05) is 18.5 Å². The molecule has 0 spiro atoms. The van der Waals surface area contributed by atoms with Crippen molar-refractivity contribution in [2.24, 2.45) is 0 Å². The standard InChI is InChI=1S/C17H22N2O5/c20-15(11-24-14-3-1-2-4-14)19-13-7-5-12(6-8-13)17(23)18-10-9-16(21)22/h5-8,14H,1-4,9-11H2,(H,18,23)(H,19,20)(H,21,22). The monoisotopic (exact) mass is 334 g/mol. The van der Waals surface area contributed by atoms with Gasteiger partial charge in [0.05, 0.1) is 12.5 Å². The number of carbonyl (C=O) groups excluding carboxylic acids is 2. The van der Waals surface area contributed by atoms with Crippen LogP contribution in [0.25, 0.3) is 0 Å². The van der Waals surface area contributed by atoms with Crippen molar-refractivity contribution in [3.05, 3.63) is 29.8 Å². The van der Waals surface area contributed by atoms with Crippen LogP contribution in [0.4, 0.5) is 5.69 Å². The van der Waals surface area contributed by atoms with Gasteiger partial charge < -0.3 is 20.5 Å². The number of anilines is 1. The second kappa shape index (κ2) is 9.02. The molecule has 1 saturated carbocycles. The van der Waals surface area contributed by atoms with E-state index < -0.39 is 5.97 Å². The molecule has 0 aliphatic heterocycles. The van der Waals surface area contributed by atoms with Crippen molar-refractivity contribution in [3.63, 3.8) is 0 Å². The van der Waals surface area contributed by atoms with Crippen LogP contribution in [0.5, 0.6) is 0 Å². The predicted octanol–water partition coefficient (Wildman–Crippen LogP) is 1.79. The minimum atomic E-state index is -0.965. The molecule has 7 heteroatoms. The fraction of sp³-hybridized carbons (Fsp3) is 0.471. The minimum Gasteiger partial charge on any atom is -0.481 e. The summed E-state index contributed by atoms with van der Waals surface area (Å²) in [7, 11) is 0. The van der Waals surface area contributed by atoms with Gasteiger partial charge in [-0.3, -0.25) is 14.4 Å². The predicted molar refractivity (Wildman–Crippen MR) is 87.9 cm³/mol. The lowest BCUT2D eigenvalue weighted by molar-refractivity contribution is -0.136. The summed E-state index contributed by atoms with van der Waals surface area (Å²) in [6.45, 7) is 0.104. The van der Waals surface area contributed by atoms with Crippen molar-refractivity contribution in [2.45, 2.75) is 38.2 Å². The number of carboxylic acids is 1. The van der Waals surface area contributed by atoms with E-state index >= 15 is 0 Å². The first-order chi connectivity index (χ1) is 11.5. The number of carbonyl (C=O) groups is 3. The first kappa shape index (κ1) is 17.9. The van der Waals surface area contributed by atoms with E-state index in [1.165, 1.54) is 0 Å². The number of amides is 2. The normalized spacial score (nSPS) is 14.3. The molecule has 7 nitrogen and oxygen atoms in total. The second-order valence-corrected chi connectivity index (χ2v) is 5.74. The maximum absolute atomic E-state index is 11.8. The number of aliphatic carboxylic acids is 1. The molecule has 0 aromatic heterocycles. The van der Waals surface area contributed by atoms with Crippen LogP contribution in [-0.4, -0.2) is 42.1 Å². The lowest BCUT2D eigenvalue weighted by atomic mass is 10.2. The second-order valence-electron chi connectivity index (χ2n) is 5.74. The average Bonchev–Trinajstić information content (AvgIpc) is 3.06. The first-order valence-corrected chi connectivity index (χ1v) is 8.06. The number of benzene rings is 1. The molecule has 1 fully saturated rings. The molecule has 0 atom stereocenters. The molecular formula is C17H22N2O5. The number of ether oxygens (including phenoxy) is 1. The Bertz CT molecular complexity index is 579. The van der Waals surface area contributed by atoms with E-state index in [4.69, 9.17) is 9.84 Å². The molecule has 1 aromatic carbocycles. The molecule has 0 saturated heterocycles. The van der Waals surface area contributed by atoms with E-state index in [2.05, 4.69) is 10.6 Å². The van der Waals surface area contributed by atoms with Gasteiger partial charge in [0.15, 0.2) is 0 Å². The maximum atomic E-state index is 11.8. The van der Waals surface area contributed by atoms with Gasteiger partial charge in [-0.1, -0.05) is 12.8 Å². The molecular weight excluding hydrogens is 312 g/mol. The summed E-state index contributed by atoms with van der Waals surface area (Å²) in [6, 6.07) is 6.40. The first-order valence-electron chi connectivity index (χ1n) is 8.06. The highest BCUT2D eigenvalue weighted by atomic mass is 16.5. The highest BCUT2D eigenvalue weighted by molar-refractivity contribution is 5.96. The lowest BCUT2D eigenvalue weighted by Gasteiger charge is -2.11. The summed E-state index contributed by atoms with van der Waals surface area (Å²) >= 11 is 0. The highest BCUT2D eigenvalue weighted by Crippen LogP contribution is 2.20. The average molecular weight is 334 g/mol. The van der Waals surface area contributed by atoms with Crippen LogP contribution in [0.2, 0.25) is 0 Å². The Morgan fingerprint density at radius 3 is 2.42 bits per heavy atom. The molecule has 3 N–H and O–H groups in total. The van der Waals surface area contributed by atoms with Crippen LogP contribution in [0.3, 0.4) is 0 Å². The molecule has 0 radical (unpaired) electrons. The largest absolute Gasteiger partial charge is 0.481 e. The molecule has 24 heavy (non-hydrogen) atoms. The number of rotatable bonds is 8. The van der Waals surface area contributed by atoms with Crippen LogP contribution < -0.4 is 10.6 Å². The quantitative estimate of drug-likeness (QED) is 0.672. The summed E-state index contributed by atoms with van der Waals surface area (Å²) in [5.41, 5.74) is 0.984. The third kappa shape index (κ3) is 6.00. The van der Waals surface area contributed by atoms with E-state index in [9.17, 15) is 14.4 Å². The molecule has 1 aliphatic rings. The van der Waals surface area contributed by atoms with Crippen molar-refractivity contribution >= 4 is 23.5 Å². The Balaban J connectivity index is 1.75. The van der Waals surface area contributed by atoms with Crippen LogP contribution in [0.15, 0.2) is 24.3 Å². The van der Waals surface area contributed by atoms with Crippen molar-refractivity contribution in [1.82, 2.24) is 5.32 Å². The molecule has 0 unspecified atom stereocenters. The molecule has 0 heterocycles. The van der Waals surface area contributed by atoms with Gasteiger partial charge in [-0.2, -0.15) is 0 Å². The zero-order chi connectivity index (χ0) is 17.4. The van der Waals surface area contributed by atoms with Crippen molar-refractivity contribution < 1.29 is 24.2 Å². The molecule has 130 valence electrons. The SMILES string of the molecule is O=C(O)CCNC(=O)c1ccc(NC(=O)COC2CCCC2)cc1. The van der Waals surface area contributed by atoms with Crippen LogP contribution in [-0.2, 0) is 14.3 Å². The van der Waals surface area contributed by atoms with Crippen molar-refractivity contribution in [3.8, 4) is 0 Å². The van der Waals surface area contributed by atoms with Crippen LogP contribution >= 0.6 is 0 Å². The van der Waals surface area contributed by atoms with E-state index in [1.807, 2.05) is 0 Å². The van der Waals surface area contributed by atoms with Gasteiger partial charge in [0.1, 0.15) is 6.61 Å². The molecule has 2 amide bonds. The smallest absolute Gasteiger partial charge is 0.305 e. The van der Waals surface area contributed by atoms with Gasteiger partial charge >= 0.3 is 5.97 Å². The molecule has 1 aliphatic carbocycles. The molecule has 0 bridgehead atoms. The zero-order valence-electron chi connectivity index (χ0n) is 13.4. The fourth-order valence-electron chi connectivity index (χ4n) is 2.54. The molecule has 2 rings (SSSR count). The number of hydrogen-bond acceptors (Lipinski definition) is 4. The minimum absolute atomic E-state index is 0.0299. The topological polar surface area (TPSA) is 105 Å². The Kier molecular flexibility index (Phi) is 6.74. The Hall–Kier alpha value is -2.41. The summed E-state index contributed by atoms with van der Waals surface area (Å²) < 4.78 is 5.54. The van der Waals surface area contributed by atoms with Gasteiger partial charge in [0, 0.05) is 17.8 Å². The summed E-state index contributed by atoms with van der Waals surface area (Å²) in [4.78, 5) is 34.0. The third-order valence-corrected chi connectivity index (χ3v) is 3.81. The van der Waals surface area contributed by atoms with Crippen LogP contribution in [0.1, 0.15) is 42.5 Å². The third-order valence-electron chi connectivity index (χ3n) is 3.81. The van der Waals surface area contributed by atoms with Gasteiger partial charge in [-0.05, 0) is 37.1 Å². The number of hydrogen-bond donors (Lipinski definition) is 3. The highest BCUT2D eigenvalue weighted by Gasteiger charge is 2.16. The number of nitrogens with one attached hydrogen (secondary N) is 2. The summed E-state index contributed by atoms with van der Waals surface area (Å²) in [6.07, 6.45) is 4.40. The Labute approximate surface area is 140 Å². The van der Waals surface area contributed by atoms with E-state index in [0.29, 0.717) is 11.3 Å². The lowest BCUT2D eigenvalue weighted by Crippen LogP contribution is -2.26. The Morgan fingerprint density at radius 1 is 1.12 bits per heavy atom. The van der Waals surface area contributed by atoms with Gasteiger partial charge in [-0.15, -0.1) is 0 Å². The van der Waals surface area contributed by atoms with Gasteiger partial charge in [0.2, 0.25) is 5.91 Å². The maximum Gasteiger partial charge on any atom is 0.305 e.